The molecule has 0 unspecified atom stereocenters. The normalized spacial score (nSPS) is 14.9. The fourth-order valence-electron chi connectivity index (χ4n) is 3.92. The van der Waals surface area contributed by atoms with Crippen LogP contribution in [0.3, 0.4) is 0 Å². The van der Waals surface area contributed by atoms with Crippen LogP contribution in [0.2, 0.25) is 0 Å². The van der Waals surface area contributed by atoms with Crippen LogP contribution >= 0.6 is 0 Å². The minimum atomic E-state index is -0.0957. The van der Waals surface area contributed by atoms with E-state index in [0.717, 1.165) is 55.2 Å². The molecule has 5 rings (SSSR count). The van der Waals surface area contributed by atoms with E-state index in [0.29, 0.717) is 12.1 Å². The number of hydrogen-bond acceptors (Lipinski definition) is 5. The number of rotatable bonds is 5. The molecule has 0 N–H and O–H groups in total. The summed E-state index contributed by atoms with van der Waals surface area (Å²) in [5.74, 6) is 0. The Morgan fingerprint density at radius 2 is 1.73 bits per heavy atom. The average Bonchev–Trinajstić information content (AvgIpc) is 3.19. The van der Waals surface area contributed by atoms with Crippen molar-refractivity contribution in [1.82, 2.24) is 24.3 Å². The van der Waals surface area contributed by atoms with E-state index < -0.39 is 0 Å². The van der Waals surface area contributed by atoms with Gasteiger partial charge in [-0.05, 0) is 18.2 Å². The first-order valence-electron chi connectivity index (χ1n) is 10.2. The van der Waals surface area contributed by atoms with Crippen molar-refractivity contribution in [3.8, 4) is 22.4 Å². The minimum Gasteiger partial charge on any atom is -0.379 e. The van der Waals surface area contributed by atoms with Gasteiger partial charge in [0.15, 0.2) is 0 Å². The lowest BCUT2D eigenvalue weighted by Crippen LogP contribution is -2.39. The molecule has 0 radical (unpaired) electrons. The Labute approximate surface area is 174 Å². The van der Waals surface area contributed by atoms with Crippen molar-refractivity contribution < 1.29 is 4.74 Å². The summed E-state index contributed by atoms with van der Waals surface area (Å²) in [5, 5.41) is 9.11. The molecule has 4 aromatic rings. The maximum atomic E-state index is 13.4. The second-order valence-electron chi connectivity index (χ2n) is 7.35. The molecule has 3 aromatic heterocycles. The maximum absolute atomic E-state index is 13.4. The first-order chi connectivity index (χ1) is 14.8. The van der Waals surface area contributed by atoms with Crippen molar-refractivity contribution in [2.24, 2.45) is 0 Å². The van der Waals surface area contributed by atoms with E-state index in [1.165, 1.54) is 0 Å². The highest BCUT2D eigenvalue weighted by Crippen LogP contribution is 2.33. The van der Waals surface area contributed by atoms with Crippen LogP contribution in [-0.2, 0) is 11.3 Å². The monoisotopic (exact) mass is 401 g/mol. The zero-order valence-electron chi connectivity index (χ0n) is 16.6. The third-order valence-electron chi connectivity index (χ3n) is 5.50. The Bertz CT molecular complexity index is 1210. The molecule has 1 saturated heterocycles. The zero-order chi connectivity index (χ0) is 20.3. The van der Waals surface area contributed by atoms with Gasteiger partial charge in [-0.2, -0.15) is 10.2 Å². The van der Waals surface area contributed by atoms with Gasteiger partial charge in [-0.3, -0.25) is 9.69 Å². The molecule has 30 heavy (non-hydrogen) atoms. The van der Waals surface area contributed by atoms with Gasteiger partial charge in [0.1, 0.15) is 5.69 Å². The molecule has 0 spiro atoms. The van der Waals surface area contributed by atoms with Gasteiger partial charge in [-0.1, -0.05) is 36.4 Å². The molecule has 0 atom stereocenters. The summed E-state index contributed by atoms with van der Waals surface area (Å²) in [6.45, 7) is 4.59. The Hall–Kier alpha value is -3.29. The lowest BCUT2D eigenvalue weighted by atomic mass is 10.0. The van der Waals surface area contributed by atoms with Gasteiger partial charge in [0, 0.05) is 43.2 Å². The minimum absolute atomic E-state index is 0.0957. The van der Waals surface area contributed by atoms with Crippen molar-refractivity contribution in [2.75, 3.05) is 32.8 Å². The molecule has 1 aromatic carbocycles. The number of aromatic nitrogens is 4. The van der Waals surface area contributed by atoms with E-state index in [2.05, 4.69) is 10.00 Å². The number of ether oxygens (including phenoxy) is 1. The molecule has 4 heterocycles. The quantitative estimate of drug-likeness (QED) is 0.514. The summed E-state index contributed by atoms with van der Waals surface area (Å²) >= 11 is 0. The molecule has 7 heteroatoms. The molecule has 0 amide bonds. The summed E-state index contributed by atoms with van der Waals surface area (Å²) in [6.07, 6.45) is 3.61. The van der Waals surface area contributed by atoms with E-state index in [1.54, 1.807) is 16.9 Å². The van der Waals surface area contributed by atoms with Gasteiger partial charge >= 0.3 is 0 Å². The SMILES string of the molecule is O=c1c(-c2c(-c3ccccc3)nn3ccccc23)ccnn1CCN1CCOCC1. The maximum Gasteiger partial charge on any atom is 0.274 e. The predicted molar refractivity (Wildman–Crippen MR) is 115 cm³/mol. The largest absolute Gasteiger partial charge is 0.379 e. The van der Waals surface area contributed by atoms with E-state index in [1.807, 2.05) is 59.2 Å². The molecule has 0 saturated carbocycles. The fourth-order valence-corrected chi connectivity index (χ4v) is 3.92. The molecule has 1 aliphatic heterocycles. The highest BCUT2D eigenvalue weighted by atomic mass is 16.5. The number of hydrogen-bond donors (Lipinski definition) is 0. The van der Waals surface area contributed by atoms with Crippen molar-refractivity contribution in [3.63, 3.8) is 0 Å². The number of morpholine rings is 1. The van der Waals surface area contributed by atoms with Crippen LogP contribution in [0.5, 0.6) is 0 Å². The van der Waals surface area contributed by atoms with Gasteiger partial charge < -0.3 is 4.74 Å². The third kappa shape index (κ3) is 3.53. The second-order valence-corrected chi connectivity index (χ2v) is 7.35. The molecule has 152 valence electrons. The highest BCUT2D eigenvalue weighted by molar-refractivity contribution is 5.91. The van der Waals surface area contributed by atoms with Crippen molar-refractivity contribution in [2.45, 2.75) is 6.54 Å². The number of nitrogens with zero attached hydrogens (tertiary/aromatic N) is 5. The van der Waals surface area contributed by atoms with Crippen LogP contribution in [0.25, 0.3) is 27.9 Å². The number of fused-ring (bicyclic) bond motifs is 1. The molecule has 0 bridgehead atoms. The Morgan fingerprint density at radius 1 is 0.933 bits per heavy atom. The fraction of sp³-hybridized carbons (Fsp3) is 0.261. The van der Waals surface area contributed by atoms with Crippen LogP contribution in [-0.4, -0.2) is 57.1 Å². The van der Waals surface area contributed by atoms with Crippen molar-refractivity contribution in [3.05, 3.63) is 77.3 Å². The molecular formula is C23H23N5O2. The summed E-state index contributed by atoms with van der Waals surface area (Å²) < 4.78 is 8.80. The van der Waals surface area contributed by atoms with Gasteiger partial charge in [0.25, 0.3) is 5.56 Å². The van der Waals surface area contributed by atoms with Crippen LogP contribution in [0.4, 0.5) is 0 Å². The summed E-state index contributed by atoms with van der Waals surface area (Å²) in [7, 11) is 0. The smallest absolute Gasteiger partial charge is 0.274 e. The third-order valence-corrected chi connectivity index (χ3v) is 5.50. The lowest BCUT2D eigenvalue weighted by Gasteiger charge is -2.26. The van der Waals surface area contributed by atoms with E-state index >= 15 is 0 Å². The van der Waals surface area contributed by atoms with Crippen molar-refractivity contribution in [1.29, 1.82) is 0 Å². The molecule has 1 aliphatic rings. The predicted octanol–water partition coefficient (Wildman–Crippen LogP) is 2.56. The topological polar surface area (TPSA) is 64.7 Å². The summed E-state index contributed by atoms with van der Waals surface area (Å²) in [4.78, 5) is 15.7. The van der Waals surface area contributed by atoms with Gasteiger partial charge in [-0.25, -0.2) is 9.20 Å². The first-order valence-corrected chi connectivity index (χ1v) is 10.2. The lowest BCUT2D eigenvalue weighted by molar-refractivity contribution is 0.0358. The molecule has 1 fully saturated rings. The highest BCUT2D eigenvalue weighted by Gasteiger charge is 2.20. The van der Waals surface area contributed by atoms with E-state index in [9.17, 15) is 4.79 Å². The first kappa shape index (κ1) is 18.7. The number of benzene rings is 1. The summed E-state index contributed by atoms with van der Waals surface area (Å²) in [6, 6.07) is 17.7. The average molecular weight is 401 g/mol. The van der Waals surface area contributed by atoms with Crippen LogP contribution in [0.15, 0.2) is 71.8 Å². The zero-order valence-corrected chi connectivity index (χ0v) is 16.6. The standard InChI is InChI=1S/C23H23N5O2/c29-23-19(9-10-24-28(23)13-12-26-14-16-30-17-15-26)21-20-8-4-5-11-27(20)25-22(21)18-6-2-1-3-7-18/h1-11H,12-17H2. The van der Waals surface area contributed by atoms with E-state index in [4.69, 9.17) is 9.84 Å². The Morgan fingerprint density at radius 3 is 2.57 bits per heavy atom. The van der Waals surface area contributed by atoms with E-state index in [-0.39, 0.29) is 5.56 Å². The van der Waals surface area contributed by atoms with Crippen LogP contribution in [0, 0.1) is 0 Å². The Kier molecular flexibility index (Phi) is 5.13. The van der Waals surface area contributed by atoms with Gasteiger partial charge in [0.2, 0.25) is 0 Å². The molecule has 0 aliphatic carbocycles. The Balaban J connectivity index is 1.58. The van der Waals surface area contributed by atoms with Crippen molar-refractivity contribution >= 4 is 5.52 Å². The molecule has 7 nitrogen and oxygen atoms in total. The second kappa shape index (κ2) is 8.22. The van der Waals surface area contributed by atoms with Crippen LogP contribution in [0.1, 0.15) is 0 Å². The van der Waals surface area contributed by atoms with Gasteiger partial charge in [0.05, 0.1) is 30.8 Å². The summed E-state index contributed by atoms with van der Waals surface area (Å²) in [5.41, 5.74) is 4.04. The van der Waals surface area contributed by atoms with Gasteiger partial charge in [-0.15, -0.1) is 0 Å². The number of pyridine rings is 1. The molecular weight excluding hydrogens is 378 g/mol. The van der Waals surface area contributed by atoms with Crippen LogP contribution < -0.4 is 5.56 Å².